The molecule has 2 amide bonds. The molecule has 2 fully saturated rings. The number of hydrogen-bond donors (Lipinski definition) is 1. The van der Waals surface area contributed by atoms with E-state index in [0.717, 1.165) is 61.4 Å². The van der Waals surface area contributed by atoms with E-state index in [1.807, 2.05) is 38.1 Å². The number of anilines is 3. The quantitative estimate of drug-likeness (QED) is 0.647. The first kappa shape index (κ1) is 24.3. The number of ether oxygens (including phenoxy) is 3. The molecule has 1 aromatic carbocycles. The molecule has 2 aromatic rings. The molecule has 192 valence electrons. The second-order valence-electron chi connectivity index (χ2n) is 9.69. The van der Waals surface area contributed by atoms with Crippen LogP contribution in [0.1, 0.15) is 45.1 Å². The van der Waals surface area contributed by atoms with Gasteiger partial charge in [0.1, 0.15) is 24.4 Å². The summed E-state index contributed by atoms with van der Waals surface area (Å²) in [7, 11) is 0. The van der Waals surface area contributed by atoms with Crippen molar-refractivity contribution in [1.82, 2.24) is 14.9 Å². The molecule has 0 radical (unpaired) electrons. The van der Waals surface area contributed by atoms with Crippen LogP contribution in [0.4, 0.5) is 22.0 Å². The summed E-state index contributed by atoms with van der Waals surface area (Å²) >= 11 is 0. The fraction of sp³-hybridized carbons (Fsp3) is 0.538. The van der Waals surface area contributed by atoms with Gasteiger partial charge in [-0.05, 0) is 56.9 Å². The Morgan fingerprint density at radius 3 is 2.69 bits per heavy atom. The molecule has 0 saturated carbocycles. The topological polar surface area (TPSA) is 106 Å². The highest BCUT2D eigenvalue weighted by Crippen LogP contribution is 2.36. The molecule has 3 aliphatic rings. The number of nitrogens with zero attached hydrogens (tertiary/aromatic N) is 4. The van der Waals surface area contributed by atoms with E-state index in [1.54, 1.807) is 4.90 Å². The van der Waals surface area contributed by atoms with E-state index in [0.29, 0.717) is 25.6 Å². The zero-order chi connectivity index (χ0) is 25.1. The molecular formula is C26H33N5O5. The first-order chi connectivity index (χ1) is 17.5. The van der Waals surface area contributed by atoms with Crippen LogP contribution in [0.15, 0.2) is 30.6 Å². The normalized spacial score (nSPS) is 19.9. The molecule has 0 spiro atoms. The van der Waals surface area contributed by atoms with Gasteiger partial charge < -0.3 is 29.3 Å². The van der Waals surface area contributed by atoms with E-state index in [2.05, 4.69) is 20.2 Å². The SMILES string of the molecule is CC(C)OC(=O)N1CCC(Oc2cc(N3CCc4cc(NC(=O)C5CCCO5)ccc43)ncn2)CC1. The number of hydrogen-bond acceptors (Lipinski definition) is 8. The van der Waals surface area contributed by atoms with E-state index in [9.17, 15) is 9.59 Å². The molecule has 0 aliphatic carbocycles. The summed E-state index contributed by atoms with van der Waals surface area (Å²) in [5, 5.41) is 2.98. The fourth-order valence-corrected chi connectivity index (χ4v) is 4.87. The van der Waals surface area contributed by atoms with Crippen LogP contribution >= 0.6 is 0 Å². The van der Waals surface area contributed by atoms with Gasteiger partial charge in [-0.15, -0.1) is 0 Å². The Morgan fingerprint density at radius 2 is 1.94 bits per heavy atom. The van der Waals surface area contributed by atoms with Crippen LogP contribution in [0.3, 0.4) is 0 Å². The first-order valence-corrected chi connectivity index (χ1v) is 12.7. The van der Waals surface area contributed by atoms with Crippen molar-refractivity contribution < 1.29 is 23.8 Å². The molecule has 36 heavy (non-hydrogen) atoms. The highest BCUT2D eigenvalue weighted by Gasteiger charge is 2.28. The van der Waals surface area contributed by atoms with E-state index in [1.165, 1.54) is 6.33 Å². The minimum atomic E-state index is -0.352. The Morgan fingerprint density at radius 1 is 1.11 bits per heavy atom. The maximum Gasteiger partial charge on any atom is 0.410 e. The minimum absolute atomic E-state index is 0.0169. The van der Waals surface area contributed by atoms with Crippen molar-refractivity contribution in [2.75, 3.05) is 36.5 Å². The van der Waals surface area contributed by atoms with Gasteiger partial charge in [0, 0.05) is 56.5 Å². The van der Waals surface area contributed by atoms with E-state index in [-0.39, 0.29) is 30.3 Å². The average Bonchev–Trinajstić information content (AvgIpc) is 3.55. The average molecular weight is 496 g/mol. The summed E-state index contributed by atoms with van der Waals surface area (Å²) in [5.74, 6) is 1.22. The van der Waals surface area contributed by atoms with Crippen molar-refractivity contribution in [2.45, 2.75) is 64.3 Å². The Kier molecular flexibility index (Phi) is 7.22. The molecule has 10 nitrogen and oxygen atoms in total. The molecule has 5 rings (SSSR count). The van der Waals surface area contributed by atoms with Crippen molar-refractivity contribution in [3.05, 3.63) is 36.2 Å². The van der Waals surface area contributed by atoms with Gasteiger partial charge in [-0.1, -0.05) is 0 Å². The van der Waals surface area contributed by atoms with Crippen molar-refractivity contribution >= 4 is 29.2 Å². The number of fused-ring (bicyclic) bond motifs is 1. The highest BCUT2D eigenvalue weighted by atomic mass is 16.6. The van der Waals surface area contributed by atoms with Gasteiger partial charge in [0.05, 0.1) is 6.10 Å². The monoisotopic (exact) mass is 495 g/mol. The number of benzene rings is 1. The molecular weight excluding hydrogens is 462 g/mol. The second kappa shape index (κ2) is 10.7. The van der Waals surface area contributed by atoms with Crippen LogP contribution < -0.4 is 15.0 Å². The summed E-state index contributed by atoms with van der Waals surface area (Å²) in [4.78, 5) is 37.2. The molecule has 0 bridgehead atoms. The highest BCUT2D eigenvalue weighted by molar-refractivity contribution is 5.94. The summed E-state index contributed by atoms with van der Waals surface area (Å²) in [6.07, 6.45) is 4.75. The van der Waals surface area contributed by atoms with Gasteiger partial charge in [0.15, 0.2) is 0 Å². The predicted octanol–water partition coefficient (Wildman–Crippen LogP) is 3.68. The number of nitrogens with one attached hydrogen (secondary N) is 1. The lowest BCUT2D eigenvalue weighted by Crippen LogP contribution is -2.42. The Hall–Kier alpha value is -3.40. The standard InChI is InChI=1S/C26H33N5O5/c1-17(2)35-26(33)30-10-8-20(9-11-30)36-24-15-23(27-16-28-24)31-12-7-18-14-19(5-6-21(18)31)29-25(32)22-4-3-13-34-22/h5-6,14-17,20,22H,3-4,7-13H2,1-2H3,(H,29,32). The van der Waals surface area contributed by atoms with Crippen LogP contribution in [0.25, 0.3) is 0 Å². The van der Waals surface area contributed by atoms with Gasteiger partial charge in [0.25, 0.3) is 5.91 Å². The lowest BCUT2D eigenvalue weighted by molar-refractivity contribution is -0.124. The van der Waals surface area contributed by atoms with Crippen LogP contribution in [-0.4, -0.2) is 71.4 Å². The number of rotatable bonds is 6. The Bertz CT molecular complexity index is 1100. The third kappa shape index (κ3) is 5.53. The van der Waals surface area contributed by atoms with Crippen LogP contribution in [0.2, 0.25) is 0 Å². The first-order valence-electron chi connectivity index (χ1n) is 12.7. The zero-order valence-electron chi connectivity index (χ0n) is 20.8. The summed E-state index contributed by atoms with van der Waals surface area (Å²) in [5.41, 5.74) is 3.00. The zero-order valence-corrected chi connectivity index (χ0v) is 20.8. The largest absolute Gasteiger partial charge is 0.474 e. The van der Waals surface area contributed by atoms with Crippen molar-refractivity contribution in [3.8, 4) is 5.88 Å². The predicted molar refractivity (Wildman–Crippen MR) is 134 cm³/mol. The van der Waals surface area contributed by atoms with Gasteiger partial charge in [-0.3, -0.25) is 4.79 Å². The fourth-order valence-electron chi connectivity index (χ4n) is 4.87. The van der Waals surface area contributed by atoms with Crippen molar-refractivity contribution in [1.29, 1.82) is 0 Å². The molecule has 2 saturated heterocycles. The molecule has 1 unspecified atom stereocenters. The van der Waals surface area contributed by atoms with Gasteiger partial charge in [0.2, 0.25) is 5.88 Å². The van der Waals surface area contributed by atoms with Gasteiger partial charge in [-0.2, -0.15) is 0 Å². The Labute approximate surface area is 210 Å². The second-order valence-corrected chi connectivity index (χ2v) is 9.69. The van der Waals surface area contributed by atoms with E-state index < -0.39 is 0 Å². The lowest BCUT2D eigenvalue weighted by atomic mass is 10.1. The van der Waals surface area contributed by atoms with Crippen LogP contribution in [0, 0.1) is 0 Å². The van der Waals surface area contributed by atoms with Gasteiger partial charge >= 0.3 is 6.09 Å². The third-order valence-electron chi connectivity index (χ3n) is 6.69. The number of likely N-dealkylation sites (tertiary alicyclic amines) is 1. The van der Waals surface area contributed by atoms with E-state index >= 15 is 0 Å². The van der Waals surface area contributed by atoms with Crippen molar-refractivity contribution in [2.24, 2.45) is 0 Å². The molecule has 1 aromatic heterocycles. The summed E-state index contributed by atoms with van der Waals surface area (Å²) in [6, 6.07) is 7.82. The smallest absolute Gasteiger partial charge is 0.410 e. The molecule has 1 N–H and O–H groups in total. The number of carbonyl (C=O) groups is 2. The van der Waals surface area contributed by atoms with E-state index in [4.69, 9.17) is 14.2 Å². The molecule has 4 heterocycles. The number of piperidine rings is 1. The summed E-state index contributed by atoms with van der Waals surface area (Å²) < 4.78 is 16.9. The maximum atomic E-state index is 12.4. The van der Waals surface area contributed by atoms with Crippen LogP contribution in [-0.2, 0) is 20.7 Å². The number of aromatic nitrogens is 2. The Balaban J connectivity index is 1.19. The molecule has 1 atom stereocenters. The summed E-state index contributed by atoms with van der Waals surface area (Å²) in [6.45, 7) is 6.32. The number of carbonyl (C=O) groups excluding carboxylic acids is 2. The lowest BCUT2D eigenvalue weighted by Gasteiger charge is -2.31. The molecule has 3 aliphatic heterocycles. The van der Waals surface area contributed by atoms with Crippen LogP contribution in [0.5, 0.6) is 5.88 Å². The third-order valence-corrected chi connectivity index (χ3v) is 6.69. The maximum absolute atomic E-state index is 12.4. The molecule has 10 heteroatoms. The number of amides is 2. The minimum Gasteiger partial charge on any atom is -0.474 e. The van der Waals surface area contributed by atoms with Gasteiger partial charge in [-0.25, -0.2) is 14.8 Å². The van der Waals surface area contributed by atoms with Crippen molar-refractivity contribution in [3.63, 3.8) is 0 Å².